The molecule has 0 unspecified atom stereocenters. The van der Waals surface area contributed by atoms with Crippen LogP contribution in [0.25, 0.3) is 21.9 Å². The highest BCUT2D eigenvalue weighted by Crippen LogP contribution is 2.36. The highest BCUT2D eigenvalue weighted by molar-refractivity contribution is 7.80. The molecule has 0 aliphatic carbocycles. The molecular formula is C20H14Cl2N2O2S. The van der Waals surface area contributed by atoms with Crippen molar-refractivity contribution in [1.82, 2.24) is 0 Å². The van der Waals surface area contributed by atoms with Crippen LogP contribution in [0.2, 0.25) is 10.0 Å². The van der Waals surface area contributed by atoms with Gasteiger partial charge in [-0.15, -0.1) is 0 Å². The number of rotatable bonds is 3. The van der Waals surface area contributed by atoms with Gasteiger partial charge in [0, 0.05) is 16.8 Å². The van der Waals surface area contributed by atoms with Gasteiger partial charge in [0.15, 0.2) is 5.11 Å². The Morgan fingerprint density at radius 1 is 0.926 bits per heavy atom. The molecule has 0 aliphatic rings. The Hall–Kier alpha value is -2.47. The summed E-state index contributed by atoms with van der Waals surface area (Å²) in [5, 5.41) is 9.39. The first-order chi connectivity index (χ1) is 13.1. The maximum absolute atomic E-state index is 6.20. The van der Waals surface area contributed by atoms with Crippen molar-refractivity contribution in [2.45, 2.75) is 0 Å². The highest BCUT2D eigenvalue weighted by atomic mass is 35.5. The molecule has 136 valence electrons. The molecule has 3 aromatic carbocycles. The third-order valence-electron chi connectivity index (χ3n) is 4.15. The van der Waals surface area contributed by atoms with Crippen LogP contribution in [0.5, 0.6) is 5.75 Å². The minimum Gasteiger partial charge on any atom is -0.495 e. The van der Waals surface area contributed by atoms with Crippen molar-refractivity contribution in [3.05, 3.63) is 64.6 Å². The normalized spacial score (nSPS) is 10.9. The number of ether oxygens (including phenoxy) is 1. The third kappa shape index (κ3) is 3.41. The van der Waals surface area contributed by atoms with Crippen LogP contribution in [0.15, 0.2) is 59.0 Å². The molecule has 0 spiro atoms. The molecule has 0 radical (unpaired) electrons. The van der Waals surface area contributed by atoms with Gasteiger partial charge >= 0.3 is 0 Å². The minimum absolute atomic E-state index is 0.355. The smallest absolute Gasteiger partial charge is 0.175 e. The Kier molecular flexibility index (Phi) is 4.83. The standard InChI is InChI=1S/C20H14Cl2N2O2S/c1-25-18-9-12-11-5-2-3-8-16(11)26-17(12)10-15(18)24-20(27)23-14-7-4-6-13(21)19(14)22/h2-10H,1H3,(H2,23,24,27). The fourth-order valence-corrected chi connectivity index (χ4v) is 3.46. The van der Waals surface area contributed by atoms with E-state index in [9.17, 15) is 0 Å². The predicted molar refractivity (Wildman–Crippen MR) is 117 cm³/mol. The van der Waals surface area contributed by atoms with E-state index in [0.717, 1.165) is 21.9 Å². The van der Waals surface area contributed by atoms with Gasteiger partial charge in [-0.05, 0) is 36.5 Å². The fourth-order valence-electron chi connectivity index (χ4n) is 2.89. The Labute approximate surface area is 171 Å². The summed E-state index contributed by atoms with van der Waals surface area (Å²) in [5.41, 5.74) is 2.85. The first-order valence-corrected chi connectivity index (χ1v) is 9.24. The molecule has 4 aromatic rings. The van der Waals surface area contributed by atoms with E-state index in [-0.39, 0.29) is 0 Å². The summed E-state index contributed by atoms with van der Waals surface area (Å²) in [6.07, 6.45) is 0. The van der Waals surface area contributed by atoms with Crippen LogP contribution in [-0.4, -0.2) is 12.2 Å². The summed E-state index contributed by atoms with van der Waals surface area (Å²) < 4.78 is 11.5. The van der Waals surface area contributed by atoms with Gasteiger partial charge in [-0.2, -0.15) is 0 Å². The predicted octanol–water partition coefficient (Wildman–Crippen LogP) is 6.71. The summed E-state index contributed by atoms with van der Waals surface area (Å²) in [7, 11) is 1.61. The molecule has 0 fully saturated rings. The van der Waals surface area contributed by atoms with Gasteiger partial charge in [-0.25, -0.2) is 0 Å². The van der Waals surface area contributed by atoms with Crippen molar-refractivity contribution >= 4 is 73.8 Å². The van der Waals surface area contributed by atoms with Crippen molar-refractivity contribution in [2.24, 2.45) is 0 Å². The largest absolute Gasteiger partial charge is 0.495 e. The van der Waals surface area contributed by atoms with Gasteiger partial charge in [0.25, 0.3) is 0 Å². The van der Waals surface area contributed by atoms with Crippen LogP contribution in [0.3, 0.4) is 0 Å². The summed E-state index contributed by atoms with van der Waals surface area (Å²) in [6, 6.07) is 17.0. The SMILES string of the molecule is COc1cc2c(cc1NC(=S)Nc1cccc(Cl)c1Cl)oc1ccccc12. The summed E-state index contributed by atoms with van der Waals surface area (Å²) in [5.74, 6) is 0.649. The molecule has 1 heterocycles. The number of nitrogens with one attached hydrogen (secondary N) is 2. The Morgan fingerprint density at radius 2 is 1.70 bits per heavy atom. The topological polar surface area (TPSA) is 46.4 Å². The molecule has 1 aromatic heterocycles. The number of fused-ring (bicyclic) bond motifs is 3. The molecule has 7 heteroatoms. The van der Waals surface area contributed by atoms with Gasteiger partial charge < -0.3 is 19.8 Å². The molecule has 4 nitrogen and oxygen atoms in total. The van der Waals surface area contributed by atoms with Crippen molar-refractivity contribution in [3.8, 4) is 5.75 Å². The summed E-state index contributed by atoms with van der Waals surface area (Å²) >= 11 is 17.6. The molecule has 0 saturated carbocycles. The van der Waals surface area contributed by atoms with Crippen LogP contribution >= 0.6 is 35.4 Å². The van der Waals surface area contributed by atoms with Crippen molar-refractivity contribution in [2.75, 3.05) is 17.7 Å². The second-order valence-electron chi connectivity index (χ2n) is 5.83. The van der Waals surface area contributed by atoms with Crippen molar-refractivity contribution in [1.29, 1.82) is 0 Å². The number of para-hydroxylation sites is 1. The van der Waals surface area contributed by atoms with Gasteiger partial charge in [-0.1, -0.05) is 47.5 Å². The first kappa shape index (κ1) is 17.9. The number of methoxy groups -OCH3 is 1. The van der Waals surface area contributed by atoms with Gasteiger partial charge in [0.1, 0.15) is 16.9 Å². The number of halogens is 2. The van der Waals surface area contributed by atoms with Crippen LogP contribution in [-0.2, 0) is 0 Å². The van der Waals surface area contributed by atoms with Gasteiger partial charge in [0.2, 0.25) is 0 Å². The van der Waals surface area contributed by atoms with Crippen molar-refractivity contribution < 1.29 is 9.15 Å². The van der Waals surface area contributed by atoms with E-state index in [1.54, 1.807) is 25.3 Å². The first-order valence-electron chi connectivity index (χ1n) is 8.08. The van der Waals surface area contributed by atoms with E-state index in [0.29, 0.717) is 32.3 Å². The molecule has 4 rings (SSSR count). The molecule has 0 atom stereocenters. The lowest BCUT2D eigenvalue weighted by atomic mass is 10.1. The fraction of sp³-hybridized carbons (Fsp3) is 0.0500. The number of anilines is 2. The lowest BCUT2D eigenvalue weighted by Crippen LogP contribution is -2.19. The quantitative estimate of drug-likeness (QED) is 0.363. The van der Waals surface area contributed by atoms with E-state index in [1.165, 1.54) is 0 Å². The van der Waals surface area contributed by atoms with Crippen LogP contribution in [0, 0.1) is 0 Å². The second kappa shape index (κ2) is 7.27. The average molecular weight is 417 g/mol. The van der Waals surface area contributed by atoms with E-state index in [4.69, 9.17) is 44.6 Å². The zero-order valence-corrected chi connectivity index (χ0v) is 16.5. The van der Waals surface area contributed by atoms with Crippen LogP contribution in [0.4, 0.5) is 11.4 Å². The average Bonchev–Trinajstić information content (AvgIpc) is 3.02. The second-order valence-corrected chi connectivity index (χ2v) is 7.02. The zero-order valence-electron chi connectivity index (χ0n) is 14.2. The van der Waals surface area contributed by atoms with E-state index in [2.05, 4.69) is 10.6 Å². The Bertz CT molecular complexity index is 1170. The lowest BCUT2D eigenvalue weighted by Gasteiger charge is -2.14. The number of hydrogen-bond donors (Lipinski definition) is 2. The third-order valence-corrected chi connectivity index (χ3v) is 5.17. The van der Waals surface area contributed by atoms with Gasteiger partial charge in [0.05, 0.1) is 28.5 Å². The molecule has 0 bridgehead atoms. The Morgan fingerprint density at radius 3 is 2.52 bits per heavy atom. The summed E-state index contributed by atoms with van der Waals surface area (Å²) in [6.45, 7) is 0. The summed E-state index contributed by atoms with van der Waals surface area (Å²) in [4.78, 5) is 0. The zero-order chi connectivity index (χ0) is 19.0. The number of hydrogen-bond acceptors (Lipinski definition) is 3. The van der Waals surface area contributed by atoms with E-state index in [1.807, 2.05) is 36.4 Å². The van der Waals surface area contributed by atoms with Gasteiger partial charge in [-0.3, -0.25) is 0 Å². The molecule has 0 aliphatic heterocycles. The van der Waals surface area contributed by atoms with Crippen LogP contribution in [0.1, 0.15) is 0 Å². The van der Waals surface area contributed by atoms with E-state index < -0.39 is 0 Å². The number of thiocarbonyl (C=S) groups is 1. The monoisotopic (exact) mass is 416 g/mol. The number of furan rings is 1. The molecule has 2 N–H and O–H groups in total. The van der Waals surface area contributed by atoms with Crippen LogP contribution < -0.4 is 15.4 Å². The maximum Gasteiger partial charge on any atom is 0.175 e. The highest BCUT2D eigenvalue weighted by Gasteiger charge is 2.14. The molecular weight excluding hydrogens is 403 g/mol. The molecule has 0 amide bonds. The minimum atomic E-state index is 0.355. The lowest BCUT2D eigenvalue weighted by molar-refractivity contribution is 0.417. The Balaban J connectivity index is 1.67. The number of benzene rings is 3. The maximum atomic E-state index is 6.20. The molecule has 27 heavy (non-hydrogen) atoms. The molecule has 0 saturated heterocycles. The van der Waals surface area contributed by atoms with Crippen molar-refractivity contribution in [3.63, 3.8) is 0 Å². The van der Waals surface area contributed by atoms with E-state index >= 15 is 0 Å².